The zero-order valence-electron chi connectivity index (χ0n) is 13.6. The highest BCUT2D eigenvalue weighted by Crippen LogP contribution is 2.35. The van der Waals surface area contributed by atoms with Crippen molar-refractivity contribution in [3.05, 3.63) is 17.7 Å². The molecule has 1 saturated heterocycles. The van der Waals surface area contributed by atoms with E-state index in [2.05, 4.69) is 0 Å². The van der Waals surface area contributed by atoms with Gasteiger partial charge in [-0.3, -0.25) is 4.79 Å². The Hall–Kier alpha value is -1.95. The van der Waals surface area contributed by atoms with E-state index in [9.17, 15) is 4.79 Å². The van der Waals surface area contributed by atoms with E-state index < -0.39 is 0 Å². The smallest absolute Gasteiger partial charge is 0.257 e. The predicted molar refractivity (Wildman–Crippen MR) is 83.8 cm³/mol. The summed E-state index contributed by atoms with van der Waals surface area (Å²) >= 11 is 0. The Kier molecular flexibility index (Phi) is 5.13. The van der Waals surface area contributed by atoms with Crippen molar-refractivity contribution in [2.45, 2.75) is 19.4 Å². The zero-order chi connectivity index (χ0) is 16.3. The van der Waals surface area contributed by atoms with Gasteiger partial charge in [-0.15, -0.1) is 0 Å². The summed E-state index contributed by atoms with van der Waals surface area (Å²) in [6.45, 7) is 3.37. The molecule has 1 aliphatic rings. The fourth-order valence-corrected chi connectivity index (χ4v) is 2.77. The van der Waals surface area contributed by atoms with Gasteiger partial charge in [0, 0.05) is 31.3 Å². The van der Waals surface area contributed by atoms with E-state index in [1.165, 1.54) is 7.11 Å². The molecule has 6 heteroatoms. The second kappa shape index (κ2) is 6.87. The summed E-state index contributed by atoms with van der Waals surface area (Å²) in [5.74, 6) is 1.79. The number of amides is 1. The predicted octanol–water partition coefficient (Wildman–Crippen LogP) is 1.52. The van der Waals surface area contributed by atoms with Crippen molar-refractivity contribution in [3.63, 3.8) is 0 Å². The summed E-state index contributed by atoms with van der Waals surface area (Å²) in [4.78, 5) is 14.6. The van der Waals surface area contributed by atoms with Gasteiger partial charge in [0.2, 0.25) is 0 Å². The van der Waals surface area contributed by atoms with Crippen LogP contribution in [0.2, 0.25) is 0 Å². The molecule has 1 aromatic rings. The van der Waals surface area contributed by atoms with E-state index in [1.54, 1.807) is 26.4 Å². The van der Waals surface area contributed by atoms with Crippen molar-refractivity contribution in [1.82, 2.24) is 4.90 Å². The van der Waals surface area contributed by atoms with E-state index in [4.69, 9.17) is 19.9 Å². The average molecular weight is 308 g/mol. The number of rotatable bonds is 5. The van der Waals surface area contributed by atoms with Gasteiger partial charge >= 0.3 is 0 Å². The molecule has 1 fully saturated rings. The van der Waals surface area contributed by atoms with Gasteiger partial charge < -0.3 is 24.8 Å². The highest BCUT2D eigenvalue weighted by Gasteiger charge is 2.31. The van der Waals surface area contributed by atoms with Crippen molar-refractivity contribution in [2.75, 3.05) is 34.4 Å². The number of hydrogen-bond acceptors (Lipinski definition) is 5. The lowest BCUT2D eigenvalue weighted by Crippen LogP contribution is -2.33. The highest BCUT2D eigenvalue weighted by molar-refractivity contribution is 5.98. The fourth-order valence-electron chi connectivity index (χ4n) is 2.77. The topological polar surface area (TPSA) is 74.0 Å². The van der Waals surface area contributed by atoms with E-state index >= 15 is 0 Å². The van der Waals surface area contributed by atoms with Crippen LogP contribution in [-0.2, 0) is 0 Å². The number of likely N-dealkylation sites (tertiary alicyclic amines) is 1. The van der Waals surface area contributed by atoms with Gasteiger partial charge in [-0.25, -0.2) is 0 Å². The average Bonchev–Trinajstić information content (AvgIpc) is 3.03. The van der Waals surface area contributed by atoms with Gasteiger partial charge in [-0.1, -0.05) is 0 Å². The first-order valence-corrected chi connectivity index (χ1v) is 7.36. The van der Waals surface area contributed by atoms with Crippen LogP contribution in [0.3, 0.4) is 0 Å². The molecule has 0 bridgehead atoms. The maximum Gasteiger partial charge on any atom is 0.257 e. The lowest BCUT2D eigenvalue weighted by Gasteiger charge is -2.20. The van der Waals surface area contributed by atoms with E-state index in [1.807, 2.05) is 11.8 Å². The maximum atomic E-state index is 12.8. The molecule has 0 spiro atoms. The second-order valence-electron chi connectivity index (χ2n) is 5.57. The molecule has 1 aromatic carbocycles. The first kappa shape index (κ1) is 16.4. The Morgan fingerprint density at radius 1 is 1.18 bits per heavy atom. The molecule has 2 unspecified atom stereocenters. The van der Waals surface area contributed by atoms with Crippen molar-refractivity contribution in [2.24, 2.45) is 11.7 Å². The highest BCUT2D eigenvalue weighted by atomic mass is 16.5. The molecule has 1 heterocycles. The molecule has 22 heavy (non-hydrogen) atoms. The fraction of sp³-hybridized carbons (Fsp3) is 0.562. The molecule has 122 valence electrons. The Morgan fingerprint density at radius 2 is 1.77 bits per heavy atom. The van der Waals surface area contributed by atoms with Gasteiger partial charge in [0.25, 0.3) is 5.91 Å². The molecule has 2 N–H and O–H groups in total. The third-order valence-corrected chi connectivity index (χ3v) is 4.19. The molecule has 2 atom stereocenters. The quantitative estimate of drug-likeness (QED) is 0.893. The third-order valence-electron chi connectivity index (χ3n) is 4.19. The standard InChI is InChI=1S/C16H24N2O4/c1-10(17)11-5-6-18(9-11)16(19)12-7-14(21-3)15(22-4)8-13(12)20-2/h7-8,10-11H,5-6,9,17H2,1-4H3. The molecule has 0 aliphatic carbocycles. The number of nitrogens with zero attached hydrogens (tertiary/aromatic N) is 1. The number of ether oxygens (including phenoxy) is 3. The SMILES string of the molecule is COc1cc(OC)c(C(=O)N2CCC(C(C)N)C2)cc1OC. The minimum atomic E-state index is -0.0686. The summed E-state index contributed by atoms with van der Waals surface area (Å²) in [6.07, 6.45) is 0.930. The van der Waals surface area contributed by atoms with Crippen molar-refractivity contribution in [1.29, 1.82) is 0 Å². The molecule has 0 aromatic heterocycles. The minimum absolute atomic E-state index is 0.0686. The summed E-state index contributed by atoms with van der Waals surface area (Å²) in [5.41, 5.74) is 6.42. The van der Waals surface area contributed by atoms with Crippen LogP contribution in [0.15, 0.2) is 12.1 Å². The van der Waals surface area contributed by atoms with E-state index in [0.29, 0.717) is 41.8 Å². The monoisotopic (exact) mass is 308 g/mol. The normalized spacial score (nSPS) is 19.0. The number of nitrogens with two attached hydrogens (primary N) is 1. The largest absolute Gasteiger partial charge is 0.496 e. The van der Waals surface area contributed by atoms with Gasteiger partial charge in [-0.05, 0) is 19.3 Å². The molecular weight excluding hydrogens is 284 g/mol. The summed E-state index contributed by atoms with van der Waals surface area (Å²) in [6, 6.07) is 3.43. The lowest BCUT2D eigenvalue weighted by atomic mass is 10.0. The Balaban J connectivity index is 2.29. The Labute approximate surface area is 131 Å². The summed E-state index contributed by atoms with van der Waals surface area (Å²) in [7, 11) is 4.62. The third kappa shape index (κ3) is 3.11. The molecule has 2 rings (SSSR count). The van der Waals surface area contributed by atoms with Gasteiger partial charge in [0.1, 0.15) is 5.75 Å². The number of methoxy groups -OCH3 is 3. The molecule has 0 saturated carbocycles. The summed E-state index contributed by atoms with van der Waals surface area (Å²) in [5, 5.41) is 0. The minimum Gasteiger partial charge on any atom is -0.496 e. The van der Waals surface area contributed by atoms with Crippen LogP contribution in [0.1, 0.15) is 23.7 Å². The van der Waals surface area contributed by atoms with E-state index in [0.717, 1.165) is 6.42 Å². The van der Waals surface area contributed by atoms with Gasteiger partial charge in [-0.2, -0.15) is 0 Å². The number of carbonyl (C=O) groups excluding carboxylic acids is 1. The van der Waals surface area contributed by atoms with E-state index in [-0.39, 0.29) is 11.9 Å². The second-order valence-corrected chi connectivity index (χ2v) is 5.57. The van der Waals surface area contributed by atoms with Crippen LogP contribution in [0.5, 0.6) is 17.2 Å². The molecule has 1 amide bonds. The maximum absolute atomic E-state index is 12.8. The van der Waals surface area contributed by atoms with Crippen LogP contribution < -0.4 is 19.9 Å². The van der Waals surface area contributed by atoms with Crippen LogP contribution in [0.25, 0.3) is 0 Å². The van der Waals surface area contributed by atoms with Crippen molar-refractivity contribution >= 4 is 5.91 Å². The first-order chi connectivity index (χ1) is 10.5. The first-order valence-electron chi connectivity index (χ1n) is 7.36. The number of hydrogen-bond donors (Lipinski definition) is 1. The van der Waals surface area contributed by atoms with Crippen molar-refractivity contribution in [3.8, 4) is 17.2 Å². The molecular formula is C16H24N2O4. The van der Waals surface area contributed by atoms with Crippen LogP contribution in [0.4, 0.5) is 0 Å². The van der Waals surface area contributed by atoms with Crippen molar-refractivity contribution < 1.29 is 19.0 Å². The number of carbonyl (C=O) groups is 1. The van der Waals surface area contributed by atoms with Crippen LogP contribution >= 0.6 is 0 Å². The Bertz CT molecular complexity index is 545. The van der Waals surface area contributed by atoms with Gasteiger partial charge in [0.05, 0.1) is 26.9 Å². The summed E-state index contributed by atoms with van der Waals surface area (Å²) < 4.78 is 15.9. The zero-order valence-corrected chi connectivity index (χ0v) is 13.6. The van der Waals surface area contributed by atoms with Crippen LogP contribution in [-0.4, -0.2) is 51.3 Å². The lowest BCUT2D eigenvalue weighted by molar-refractivity contribution is 0.0782. The molecule has 1 aliphatic heterocycles. The Morgan fingerprint density at radius 3 is 2.27 bits per heavy atom. The van der Waals surface area contributed by atoms with Gasteiger partial charge in [0.15, 0.2) is 11.5 Å². The van der Waals surface area contributed by atoms with Crippen LogP contribution in [0, 0.1) is 5.92 Å². The number of benzene rings is 1. The molecule has 0 radical (unpaired) electrons. The molecule has 6 nitrogen and oxygen atoms in total.